The van der Waals surface area contributed by atoms with Gasteiger partial charge in [-0.3, -0.25) is 0 Å². The van der Waals surface area contributed by atoms with Crippen molar-refractivity contribution in [2.24, 2.45) is 0 Å². The van der Waals surface area contributed by atoms with Crippen LogP contribution in [0, 0.1) is 12.7 Å². The molecule has 0 radical (unpaired) electrons. The molecule has 3 aromatic rings. The fourth-order valence-corrected chi connectivity index (χ4v) is 2.38. The monoisotopic (exact) mass is 339 g/mol. The molecule has 2 aromatic heterocycles. The molecule has 1 aromatic carbocycles. The zero-order valence-corrected chi connectivity index (χ0v) is 14.0. The molecule has 0 saturated carbocycles. The smallest absolute Gasteiger partial charge is 0.221 e. The first kappa shape index (κ1) is 17.0. The van der Waals surface area contributed by atoms with E-state index in [0.29, 0.717) is 34.0 Å². The fourth-order valence-electron chi connectivity index (χ4n) is 2.38. The van der Waals surface area contributed by atoms with Crippen LogP contribution in [0.15, 0.2) is 48.9 Å². The summed E-state index contributed by atoms with van der Waals surface area (Å²) in [5.41, 5.74) is 2.35. The van der Waals surface area contributed by atoms with E-state index in [1.54, 1.807) is 56.7 Å². The number of pyridine rings is 1. The van der Waals surface area contributed by atoms with Crippen LogP contribution in [0.4, 0.5) is 4.39 Å². The summed E-state index contributed by atoms with van der Waals surface area (Å²) in [6, 6.07) is 8.47. The van der Waals surface area contributed by atoms with Crippen LogP contribution in [0.25, 0.3) is 22.3 Å². The molecule has 0 spiro atoms. The van der Waals surface area contributed by atoms with E-state index in [1.807, 2.05) is 0 Å². The van der Waals surface area contributed by atoms with Crippen molar-refractivity contribution >= 4 is 0 Å². The average Bonchev–Trinajstić information content (AvgIpc) is 2.63. The molecular formula is C19H18FN3O2. The summed E-state index contributed by atoms with van der Waals surface area (Å²) in [5.74, 6) is 0.612. The van der Waals surface area contributed by atoms with Gasteiger partial charge in [-0.05, 0) is 37.6 Å². The molecule has 2 heterocycles. The number of halogens is 1. The maximum absolute atomic E-state index is 14.6. The third-order valence-electron chi connectivity index (χ3n) is 3.71. The van der Waals surface area contributed by atoms with E-state index in [4.69, 9.17) is 9.84 Å². The molecule has 0 saturated heterocycles. The highest BCUT2D eigenvalue weighted by molar-refractivity contribution is 5.73. The van der Waals surface area contributed by atoms with E-state index in [9.17, 15) is 4.39 Å². The van der Waals surface area contributed by atoms with Crippen LogP contribution in [0.3, 0.4) is 0 Å². The van der Waals surface area contributed by atoms with Gasteiger partial charge in [-0.1, -0.05) is 12.1 Å². The van der Waals surface area contributed by atoms with Crippen LogP contribution in [0.5, 0.6) is 5.88 Å². The molecule has 25 heavy (non-hydrogen) atoms. The van der Waals surface area contributed by atoms with Gasteiger partial charge in [0.05, 0.1) is 6.61 Å². The average molecular weight is 339 g/mol. The van der Waals surface area contributed by atoms with Gasteiger partial charge in [0.2, 0.25) is 5.88 Å². The van der Waals surface area contributed by atoms with Gasteiger partial charge in [0.1, 0.15) is 17.7 Å². The second kappa shape index (κ2) is 7.36. The second-order valence-corrected chi connectivity index (χ2v) is 5.68. The van der Waals surface area contributed by atoms with Crippen molar-refractivity contribution in [1.82, 2.24) is 15.0 Å². The van der Waals surface area contributed by atoms with Gasteiger partial charge < -0.3 is 9.84 Å². The quantitative estimate of drug-likeness (QED) is 0.771. The molecule has 0 fully saturated rings. The Morgan fingerprint density at radius 2 is 1.84 bits per heavy atom. The second-order valence-electron chi connectivity index (χ2n) is 5.68. The van der Waals surface area contributed by atoms with Crippen LogP contribution in [0.1, 0.15) is 12.7 Å². The third-order valence-corrected chi connectivity index (χ3v) is 3.71. The van der Waals surface area contributed by atoms with Crippen LogP contribution in [-0.2, 0) is 0 Å². The zero-order valence-electron chi connectivity index (χ0n) is 14.0. The number of hydrogen-bond donors (Lipinski definition) is 1. The molecule has 6 heteroatoms. The maximum Gasteiger partial charge on any atom is 0.221 e. The minimum absolute atomic E-state index is 0.128. The van der Waals surface area contributed by atoms with Crippen molar-refractivity contribution in [2.45, 2.75) is 20.0 Å². The highest BCUT2D eigenvalue weighted by atomic mass is 19.1. The number of hydrogen-bond acceptors (Lipinski definition) is 5. The normalized spacial score (nSPS) is 12.0. The number of rotatable bonds is 5. The Kier molecular flexibility index (Phi) is 5.00. The summed E-state index contributed by atoms with van der Waals surface area (Å²) >= 11 is 0. The van der Waals surface area contributed by atoms with Gasteiger partial charge in [0.25, 0.3) is 0 Å². The minimum atomic E-state index is -0.400. The lowest BCUT2D eigenvalue weighted by Gasteiger charge is -2.15. The summed E-state index contributed by atoms with van der Waals surface area (Å²) < 4.78 is 20.2. The molecule has 0 aliphatic rings. The van der Waals surface area contributed by atoms with Crippen molar-refractivity contribution in [2.75, 3.05) is 6.61 Å². The lowest BCUT2D eigenvalue weighted by molar-refractivity contribution is 0.126. The summed E-state index contributed by atoms with van der Waals surface area (Å²) in [6.45, 7) is 3.39. The molecule has 0 unspecified atom stereocenters. The standard InChI is InChI=1S/C19H18FN3O2/c1-12(11-24)25-19-17(4-3-7-21-19)14-5-6-16(18(20)8-14)15-9-22-13(2)23-10-15/h3-10,12,24H,11H2,1-2H3/t12-/m1/s1. The Morgan fingerprint density at radius 3 is 2.52 bits per heavy atom. The first-order valence-electron chi connectivity index (χ1n) is 7.90. The summed E-state index contributed by atoms with van der Waals surface area (Å²) in [4.78, 5) is 12.4. The van der Waals surface area contributed by atoms with Crippen molar-refractivity contribution < 1.29 is 14.2 Å². The van der Waals surface area contributed by atoms with Crippen LogP contribution in [0.2, 0.25) is 0 Å². The number of nitrogens with zero attached hydrogens (tertiary/aromatic N) is 3. The van der Waals surface area contributed by atoms with Crippen LogP contribution < -0.4 is 4.74 Å². The van der Waals surface area contributed by atoms with E-state index in [1.165, 1.54) is 6.07 Å². The molecule has 1 atom stereocenters. The zero-order chi connectivity index (χ0) is 17.8. The number of aromatic nitrogens is 3. The summed E-state index contributed by atoms with van der Waals surface area (Å²) in [6.07, 6.45) is 4.39. The lowest BCUT2D eigenvalue weighted by atomic mass is 10.0. The third kappa shape index (κ3) is 3.80. The van der Waals surface area contributed by atoms with Gasteiger partial charge in [0.15, 0.2) is 0 Å². The van der Waals surface area contributed by atoms with Gasteiger partial charge in [-0.25, -0.2) is 19.3 Å². The molecule has 0 bridgehead atoms. The van der Waals surface area contributed by atoms with E-state index in [0.717, 1.165) is 0 Å². The Hall–Kier alpha value is -2.86. The molecule has 1 N–H and O–H groups in total. The number of aryl methyl sites for hydroxylation is 1. The van der Waals surface area contributed by atoms with Crippen LogP contribution >= 0.6 is 0 Å². The largest absolute Gasteiger partial charge is 0.472 e. The van der Waals surface area contributed by atoms with Crippen molar-refractivity contribution in [3.05, 3.63) is 60.6 Å². The number of aliphatic hydroxyl groups excluding tert-OH is 1. The predicted octanol–water partition coefficient (Wildman–Crippen LogP) is 3.41. The topological polar surface area (TPSA) is 68.1 Å². The van der Waals surface area contributed by atoms with Crippen molar-refractivity contribution in [3.63, 3.8) is 0 Å². The molecule has 0 aliphatic heterocycles. The lowest BCUT2D eigenvalue weighted by Crippen LogP contribution is -2.17. The predicted molar refractivity (Wildman–Crippen MR) is 92.6 cm³/mol. The highest BCUT2D eigenvalue weighted by Gasteiger charge is 2.13. The van der Waals surface area contributed by atoms with Gasteiger partial charge in [-0.15, -0.1) is 0 Å². The molecule has 128 valence electrons. The molecule has 0 aliphatic carbocycles. The minimum Gasteiger partial charge on any atom is -0.472 e. The van der Waals surface area contributed by atoms with Gasteiger partial charge in [-0.2, -0.15) is 0 Å². The number of aliphatic hydroxyl groups is 1. The Bertz CT molecular complexity index is 869. The fraction of sp³-hybridized carbons (Fsp3) is 0.211. The van der Waals surface area contributed by atoms with Gasteiger partial charge >= 0.3 is 0 Å². The maximum atomic E-state index is 14.6. The van der Waals surface area contributed by atoms with Crippen molar-refractivity contribution in [3.8, 4) is 28.1 Å². The summed E-state index contributed by atoms with van der Waals surface area (Å²) in [5, 5.41) is 9.16. The highest BCUT2D eigenvalue weighted by Crippen LogP contribution is 2.32. The molecular weight excluding hydrogens is 321 g/mol. The van der Waals surface area contributed by atoms with E-state index >= 15 is 0 Å². The first-order valence-corrected chi connectivity index (χ1v) is 7.90. The van der Waals surface area contributed by atoms with Crippen molar-refractivity contribution in [1.29, 1.82) is 0 Å². The van der Waals surface area contributed by atoms with Crippen LogP contribution in [-0.4, -0.2) is 32.8 Å². The Balaban J connectivity index is 1.97. The molecule has 3 rings (SSSR count). The summed E-state index contributed by atoms with van der Waals surface area (Å²) in [7, 11) is 0. The van der Waals surface area contributed by atoms with E-state index < -0.39 is 6.10 Å². The first-order chi connectivity index (χ1) is 12.1. The van der Waals surface area contributed by atoms with E-state index in [-0.39, 0.29) is 12.4 Å². The van der Waals surface area contributed by atoms with E-state index in [2.05, 4.69) is 15.0 Å². The number of benzene rings is 1. The molecule has 0 amide bonds. The van der Waals surface area contributed by atoms with Gasteiger partial charge in [0, 0.05) is 35.3 Å². The SMILES string of the molecule is Cc1ncc(-c2ccc(-c3cccnc3O[C@H](C)CO)cc2F)cn1. The molecule has 5 nitrogen and oxygen atoms in total. The Morgan fingerprint density at radius 1 is 1.08 bits per heavy atom. The Labute approximate surface area is 145 Å². The number of ether oxygens (including phenoxy) is 1.